The average molecular weight is 314 g/mol. The largest absolute Gasteiger partial charge is 0.505 e. The van der Waals surface area contributed by atoms with Crippen molar-refractivity contribution in [3.05, 3.63) is 22.2 Å². The van der Waals surface area contributed by atoms with Gasteiger partial charge in [-0.15, -0.1) is 11.8 Å². The molecule has 0 saturated carbocycles. The number of benzene rings is 1. The van der Waals surface area contributed by atoms with E-state index in [2.05, 4.69) is 0 Å². The first-order chi connectivity index (χ1) is 7.93. The van der Waals surface area contributed by atoms with Crippen LogP contribution in [0.5, 0.6) is 5.75 Å². The van der Waals surface area contributed by atoms with Gasteiger partial charge in [0.2, 0.25) is 10.0 Å². The minimum absolute atomic E-state index is 0.0667. The fourth-order valence-electron chi connectivity index (χ4n) is 1.46. The van der Waals surface area contributed by atoms with Crippen LogP contribution in [-0.4, -0.2) is 36.0 Å². The molecule has 17 heavy (non-hydrogen) atoms. The number of rotatable bonds is 2. The van der Waals surface area contributed by atoms with E-state index in [4.69, 9.17) is 23.2 Å². The van der Waals surface area contributed by atoms with Crippen LogP contribution in [0.25, 0.3) is 0 Å². The number of hydrogen-bond acceptors (Lipinski definition) is 4. The number of phenols is 1. The Hall–Kier alpha value is -0.140. The number of sulfonamides is 1. The van der Waals surface area contributed by atoms with Crippen LogP contribution in [0.2, 0.25) is 10.0 Å². The molecule has 0 bridgehead atoms. The number of phenolic OH excluding ortho intramolecular Hbond substituents is 1. The summed E-state index contributed by atoms with van der Waals surface area (Å²) in [6, 6.07) is 2.51. The standard InChI is InChI=1S/C9H9Cl2NO3S2/c10-6-3-7(11)9(13)8(4-6)17(14,15)12-1-2-16-5-12/h3-4,13H,1-2,5H2. The van der Waals surface area contributed by atoms with Crippen LogP contribution in [0, 0.1) is 0 Å². The Morgan fingerprint density at radius 3 is 2.65 bits per heavy atom. The van der Waals surface area contributed by atoms with Crippen LogP contribution in [0.1, 0.15) is 0 Å². The molecule has 1 aliphatic heterocycles. The third-order valence-corrected chi connectivity index (χ3v) is 5.83. The number of thioether (sulfide) groups is 1. The lowest BCUT2D eigenvalue weighted by atomic mass is 10.3. The van der Waals surface area contributed by atoms with Crippen molar-refractivity contribution in [2.45, 2.75) is 4.90 Å². The molecule has 1 N–H and O–H groups in total. The van der Waals surface area contributed by atoms with E-state index in [0.717, 1.165) is 5.75 Å². The van der Waals surface area contributed by atoms with Gasteiger partial charge in [-0.1, -0.05) is 23.2 Å². The van der Waals surface area contributed by atoms with Crippen molar-refractivity contribution in [2.24, 2.45) is 0 Å². The van der Waals surface area contributed by atoms with E-state index in [1.165, 1.54) is 28.2 Å². The summed E-state index contributed by atoms with van der Waals surface area (Å²) in [7, 11) is -3.72. The molecule has 1 aromatic carbocycles. The first-order valence-electron chi connectivity index (χ1n) is 4.69. The molecule has 94 valence electrons. The predicted molar refractivity (Wildman–Crippen MR) is 69.3 cm³/mol. The Morgan fingerprint density at radius 2 is 2.06 bits per heavy atom. The molecule has 0 spiro atoms. The van der Waals surface area contributed by atoms with Crippen molar-refractivity contribution in [1.82, 2.24) is 4.31 Å². The Labute approximate surface area is 114 Å². The van der Waals surface area contributed by atoms with Gasteiger partial charge in [0.1, 0.15) is 4.90 Å². The summed E-state index contributed by atoms with van der Waals surface area (Å²) in [5.41, 5.74) is 0. The third-order valence-electron chi connectivity index (χ3n) is 2.33. The molecule has 4 nitrogen and oxygen atoms in total. The summed E-state index contributed by atoms with van der Waals surface area (Å²) in [5, 5.41) is 9.83. The Kier molecular flexibility index (Phi) is 3.80. The van der Waals surface area contributed by atoms with Crippen molar-refractivity contribution >= 4 is 45.0 Å². The number of aromatic hydroxyl groups is 1. The van der Waals surface area contributed by atoms with E-state index >= 15 is 0 Å². The zero-order chi connectivity index (χ0) is 12.6. The van der Waals surface area contributed by atoms with E-state index in [1.807, 2.05) is 0 Å². The lowest BCUT2D eigenvalue weighted by Gasteiger charge is -2.16. The van der Waals surface area contributed by atoms with E-state index in [1.54, 1.807) is 0 Å². The lowest BCUT2D eigenvalue weighted by molar-refractivity contribution is 0.447. The summed E-state index contributed by atoms with van der Waals surface area (Å²) in [6.45, 7) is 0.427. The van der Waals surface area contributed by atoms with Gasteiger partial charge < -0.3 is 5.11 Å². The maximum absolute atomic E-state index is 12.2. The molecule has 1 aliphatic rings. The Balaban J connectivity index is 2.52. The molecule has 2 rings (SSSR count). The topological polar surface area (TPSA) is 57.6 Å². The summed E-state index contributed by atoms with van der Waals surface area (Å²) >= 11 is 13.0. The second-order valence-electron chi connectivity index (χ2n) is 3.45. The lowest BCUT2D eigenvalue weighted by Crippen LogP contribution is -2.28. The second kappa shape index (κ2) is 4.85. The van der Waals surface area contributed by atoms with Crippen LogP contribution >= 0.6 is 35.0 Å². The van der Waals surface area contributed by atoms with Gasteiger partial charge in [0.05, 0.1) is 10.9 Å². The Morgan fingerprint density at radius 1 is 1.35 bits per heavy atom. The normalized spacial score (nSPS) is 17.5. The van der Waals surface area contributed by atoms with Crippen LogP contribution in [0.4, 0.5) is 0 Å². The Bertz CT molecular complexity index is 541. The van der Waals surface area contributed by atoms with E-state index < -0.39 is 15.8 Å². The molecule has 0 amide bonds. The summed E-state index contributed by atoms with van der Waals surface area (Å²) < 4.78 is 25.7. The number of nitrogens with zero attached hydrogens (tertiary/aromatic N) is 1. The van der Waals surface area contributed by atoms with Crippen LogP contribution in [0.3, 0.4) is 0 Å². The second-order valence-corrected chi connectivity index (χ2v) is 7.28. The highest BCUT2D eigenvalue weighted by Crippen LogP contribution is 2.36. The van der Waals surface area contributed by atoms with Gasteiger partial charge in [0.15, 0.2) is 5.75 Å². The van der Waals surface area contributed by atoms with Crippen LogP contribution in [-0.2, 0) is 10.0 Å². The van der Waals surface area contributed by atoms with Gasteiger partial charge in [0, 0.05) is 17.3 Å². The smallest absolute Gasteiger partial charge is 0.247 e. The van der Waals surface area contributed by atoms with Gasteiger partial charge in [0.25, 0.3) is 0 Å². The molecule has 1 heterocycles. The van der Waals surface area contributed by atoms with Crippen molar-refractivity contribution in [3.8, 4) is 5.75 Å². The SMILES string of the molecule is O=S(=O)(c1cc(Cl)cc(Cl)c1O)N1CCSC1. The van der Waals surface area contributed by atoms with Crippen molar-refractivity contribution in [3.63, 3.8) is 0 Å². The maximum atomic E-state index is 12.2. The molecular weight excluding hydrogens is 305 g/mol. The maximum Gasteiger partial charge on any atom is 0.247 e. The van der Waals surface area contributed by atoms with Gasteiger partial charge in [-0.2, -0.15) is 4.31 Å². The predicted octanol–water partition coefficient (Wildman–Crippen LogP) is 2.39. The fraction of sp³-hybridized carbons (Fsp3) is 0.333. The monoisotopic (exact) mass is 313 g/mol. The molecule has 8 heteroatoms. The number of hydrogen-bond donors (Lipinski definition) is 1. The quantitative estimate of drug-likeness (QED) is 0.911. The highest BCUT2D eigenvalue weighted by Gasteiger charge is 2.31. The highest BCUT2D eigenvalue weighted by atomic mass is 35.5. The summed E-state index contributed by atoms with van der Waals surface area (Å²) in [5.74, 6) is 0.674. The van der Waals surface area contributed by atoms with E-state index in [0.29, 0.717) is 12.4 Å². The molecule has 1 saturated heterocycles. The zero-order valence-corrected chi connectivity index (χ0v) is 11.7. The first kappa shape index (κ1) is 13.3. The molecule has 0 unspecified atom stereocenters. The average Bonchev–Trinajstić information content (AvgIpc) is 2.76. The van der Waals surface area contributed by atoms with Crippen LogP contribution in [0.15, 0.2) is 17.0 Å². The van der Waals surface area contributed by atoms with Crippen molar-refractivity contribution in [2.75, 3.05) is 18.2 Å². The van der Waals surface area contributed by atoms with E-state index in [-0.39, 0.29) is 14.9 Å². The highest BCUT2D eigenvalue weighted by molar-refractivity contribution is 8.00. The van der Waals surface area contributed by atoms with Crippen molar-refractivity contribution in [1.29, 1.82) is 0 Å². The molecule has 0 aliphatic carbocycles. The number of halogens is 2. The third kappa shape index (κ3) is 2.51. The first-order valence-corrected chi connectivity index (χ1v) is 8.04. The van der Waals surface area contributed by atoms with E-state index in [9.17, 15) is 13.5 Å². The molecular formula is C9H9Cl2NO3S2. The molecule has 0 aromatic heterocycles. The van der Waals surface area contributed by atoms with Gasteiger partial charge >= 0.3 is 0 Å². The molecule has 0 atom stereocenters. The summed E-state index contributed by atoms with van der Waals surface area (Å²) in [6.07, 6.45) is 0. The zero-order valence-electron chi connectivity index (χ0n) is 8.56. The molecule has 0 radical (unpaired) electrons. The van der Waals surface area contributed by atoms with Crippen LogP contribution < -0.4 is 0 Å². The molecule has 1 aromatic rings. The van der Waals surface area contributed by atoms with Gasteiger partial charge in [-0.25, -0.2) is 8.42 Å². The minimum Gasteiger partial charge on any atom is -0.505 e. The van der Waals surface area contributed by atoms with Gasteiger partial charge in [-0.05, 0) is 12.1 Å². The van der Waals surface area contributed by atoms with Crippen molar-refractivity contribution < 1.29 is 13.5 Å². The fourth-order valence-corrected chi connectivity index (χ4v) is 5.02. The summed E-state index contributed by atoms with van der Waals surface area (Å²) in [4.78, 5) is -0.238. The minimum atomic E-state index is -3.72. The van der Waals surface area contributed by atoms with Gasteiger partial charge in [-0.3, -0.25) is 0 Å². The molecule has 1 fully saturated rings.